The van der Waals surface area contributed by atoms with Gasteiger partial charge in [-0.25, -0.2) is 9.97 Å². The molecule has 7 nitrogen and oxygen atoms in total. The van der Waals surface area contributed by atoms with E-state index in [1.165, 1.54) is 23.9 Å². The summed E-state index contributed by atoms with van der Waals surface area (Å²) < 4.78 is 17.0. The number of nitrogens with one attached hydrogen (secondary N) is 1. The predicted molar refractivity (Wildman–Crippen MR) is 95.2 cm³/mol. The molecule has 3 aromatic rings. The van der Waals surface area contributed by atoms with Crippen molar-refractivity contribution in [3.8, 4) is 23.1 Å². The van der Waals surface area contributed by atoms with Gasteiger partial charge in [0.05, 0.1) is 10.9 Å². The average Bonchev–Trinajstić information content (AvgIpc) is 3.28. The molecule has 1 aliphatic heterocycles. The first-order valence-corrected chi connectivity index (χ1v) is 8.78. The summed E-state index contributed by atoms with van der Waals surface area (Å²) in [4.78, 5) is 21.4. The Labute approximate surface area is 157 Å². The van der Waals surface area contributed by atoms with Crippen molar-refractivity contribution in [2.75, 3.05) is 6.79 Å². The summed E-state index contributed by atoms with van der Waals surface area (Å²) in [6.07, 6.45) is 2.73. The van der Waals surface area contributed by atoms with Gasteiger partial charge < -0.3 is 19.5 Å². The van der Waals surface area contributed by atoms with E-state index in [9.17, 15) is 4.79 Å². The Hall–Kier alpha value is -2.84. The molecule has 0 unspecified atom stereocenters. The number of thiophene rings is 1. The zero-order valence-corrected chi connectivity index (χ0v) is 14.8. The lowest BCUT2D eigenvalue weighted by atomic mass is 10.3. The van der Waals surface area contributed by atoms with E-state index < -0.39 is 0 Å². The summed E-state index contributed by atoms with van der Waals surface area (Å²) in [5.41, 5.74) is 0.229. The maximum Gasteiger partial charge on any atom is 0.258 e. The van der Waals surface area contributed by atoms with Crippen molar-refractivity contribution in [2.24, 2.45) is 0 Å². The summed E-state index contributed by atoms with van der Waals surface area (Å²) in [5, 5.41) is 2.80. The van der Waals surface area contributed by atoms with Gasteiger partial charge in [-0.3, -0.25) is 4.79 Å². The topological polar surface area (TPSA) is 82.6 Å². The minimum Gasteiger partial charge on any atom is -0.454 e. The van der Waals surface area contributed by atoms with Crippen LogP contribution in [-0.2, 0) is 6.54 Å². The van der Waals surface area contributed by atoms with Gasteiger partial charge in [0.15, 0.2) is 11.5 Å². The van der Waals surface area contributed by atoms with Gasteiger partial charge in [0, 0.05) is 17.1 Å². The molecular weight excluding hydrogens is 378 g/mol. The number of fused-ring (bicyclic) bond motifs is 1. The maximum atomic E-state index is 12.5. The van der Waals surface area contributed by atoms with Gasteiger partial charge in [0.25, 0.3) is 5.91 Å². The standard InChI is InChI=1S/C17H12ClN3O4S/c18-15-4-2-11(26-15)6-20-16(22)12-7-19-8-21-17(12)25-10-1-3-13-14(5-10)24-9-23-13/h1-5,7-8H,6,9H2,(H,20,22). The van der Waals surface area contributed by atoms with Crippen LogP contribution >= 0.6 is 22.9 Å². The number of halogens is 1. The van der Waals surface area contributed by atoms with E-state index >= 15 is 0 Å². The molecule has 9 heteroatoms. The van der Waals surface area contributed by atoms with E-state index in [2.05, 4.69) is 15.3 Å². The number of carbonyl (C=O) groups is 1. The molecule has 26 heavy (non-hydrogen) atoms. The lowest BCUT2D eigenvalue weighted by molar-refractivity contribution is 0.0948. The Morgan fingerprint density at radius 1 is 1.27 bits per heavy atom. The van der Waals surface area contributed by atoms with Crippen LogP contribution in [0.4, 0.5) is 0 Å². The second-order valence-corrected chi connectivity index (χ2v) is 7.05. The third kappa shape index (κ3) is 3.56. The van der Waals surface area contributed by atoms with Crippen molar-refractivity contribution in [1.82, 2.24) is 15.3 Å². The average molecular weight is 390 g/mol. The van der Waals surface area contributed by atoms with Crippen LogP contribution in [0.2, 0.25) is 4.34 Å². The maximum absolute atomic E-state index is 12.5. The highest BCUT2D eigenvalue weighted by atomic mass is 35.5. The molecule has 4 rings (SSSR count). The summed E-state index contributed by atoms with van der Waals surface area (Å²) in [5.74, 6) is 1.52. The van der Waals surface area contributed by atoms with Gasteiger partial charge in [-0.05, 0) is 24.3 Å². The minimum absolute atomic E-state index is 0.153. The largest absolute Gasteiger partial charge is 0.454 e. The normalized spacial score (nSPS) is 12.0. The van der Waals surface area contributed by atoms with Crippen LogP contribution < -0.4 is 19.5 Å². The zero-order chi connectivity index (χ0) is 17.9. The summed E-state index contributed by atoms with van der Waals surface area (Å²) in [7, 11) is 0. The molecule has 0 saturated carbocycles. The van der Waals surface area contributed by atoms with Crippen LogP contribution in [-0.4, -0.2) is 22.7 Å². The Kier molecular flexibility index (Phi) is 4.59. The van der Waals surface area contributed by atoms with Crippen molar-refractivity contribution in [1.29, 1.82) is 0 Å². The smallest absolute Gasteiger partial charge is 0.258 e. The number of carbonyl (C=O) groups excluding carboxylic acids is 1. The Balaban J connectivity index is 1.50. The highest BCUT2D eigenvalue weighted by Crippen LogP contribution is 2.36. The lowest BCUT2D eigenvalue weighted by Crippen LogP contribution is -2.23. The molecule has 0 fully saturated rings. The molecule has 3 heterocycles. The first-order valence-electron chi connectivity index (χ1n) is 7.59. The second-order valence-electron chi connectivity index (χ2n) is 5.25. The second kappa shape index (κ2) is 7.19. The number of benzene rings is 1. The van der Waals surface area contributed by atoms with Crippen molar-refractivity contribution in [3.05, 3.63) is 57.6 Å². The summed E-state index contributed by atoms with van der Waals surface area (Å²) >= 11 is 7.30. The number of ether oxygens (including phenoxy) is 3. The zero-order valence-electron chi connectivity index (χ0n) is 13.3. The van der Waals surface area contributed by atoms with Crippen LogP contribution in [0.5, 0.6) is 23.1 Å². The lowest BCUT2D eigenvalue weighted by Gasteiger charge is -2.10. The highest BCUT2D eigenvalue weighted by molar-refractivity contribution is 7.16. The van der Waals surface area contributed by atoms with Gasteiger partial charge >= 0.3 is 0 Å². The van der Waals surface area contributed by atoms with Gasteiger partial charge in [0.1, 0.15) is 17.6 Å². The Morgan fingerprint density at radius 3 is 3.00 bits per heavy atom. The van der Waals surface area contributed by atoms with E-state index in [0.717, 1.165) is 4.88 Å². The third-order valence-electron chi connectivity index (χ3n) is 3.53. The number of amides is 1. The predicted octanol–water partition coefficient (Wildman–Crippen LogP) is 3.64. The van der Waals surface area contributed by atoms with Crippen LogP contribution in [0.25, 0.3) is 0 Å². The molecule has 1 aromatic carbocycles. The fourth-order valence-corrected chi connectivity index (χ4v) is 3.34. The fraction of sp³-hybridized carbons (Fsp3) is 0.118. The highest BCUT2D eigenvalue weighted by Gasteiger charge is 2.18. The molecule has 1 aliphatic rings. The Bertz CT molecular complexity index is 963. The third-order valence-corrected chi connectivity index (χ3v) is 4.76. The van der Waals surface area contributed by atoms with E-state index in [4.69, 9.17) is 25.8 Å². The summed E-state index contributed by atoms with van der Waals surface area (Å²) in [6, 6.07) is 8.77. The molecule has 0 aliphatic carbocycles. The monoisotopic (exact) mass is 389 g/mol. The Morgan fingerprint density at radius 2 is 2.15 bits per heavy atom. The van der Waals surface area contributed by atoms with Crippen molar-refractivity contribution < 1.29 is 19.0 Å². The number of nitrogens with zero attached hydrogens (tertiary/aromatic N) is 2. The number of hydrogen-bond acceptors (Lipinski definition) is 7. The molecule has 0 bridgehead atoms. The number of rotatable bonds is 5. The van der Waals surface area contributed by atoms with Crippen LogP contribution in [0.1, 0.15) is 15.2 Å². The molecular formula is C17H12ClN3O4S. The first-order chi connectivity index (χ1) is 12.7. The van der Waals surface area contributed by atoms with Crippen LogP contribution in [0.3, 0.4) is 0 Å². The van der Waals surface area contributed by atoms with Crippen LogP contribution in [0, 0.1) is 0 Å². The number of hydrogen-bond donors (Lipinski definition) is 1. The molecule has 2 aromatic heterocycles. The van der Waals surface area contributed by atoms with Crippen molar-refractivity contribution >= 4 is 28.8 Å². The van der Waals surface area contributed by atoms with Gasteiger partial charge in [-0.1, -0.05) is 11.6 Å². The molecule has 0 atom stereocenters. The molecule has 0 saturated heterocycles. The van der Waals surface area contributed by atoms with E-state index in [0.29, 0.717) is 28.1 Å². The van der Waals surface area contributed by atoms with Gasteiger partial charge in [0.2, 0.25) is 12.7 Å². The first kappa shape index (κ1) is 16.6. The van der Waals surface area contributed by atoms with Crippen molar-refractivity contribution in [2.45, 2.75) is 6.54 Å². The van der Waals surface area contributed by atoms with Gasteiger partial charge in [-0.15, -0.1) is 11.3 Å². The van der Waals surface area contributed by atoms with E-state index in [1.54, 1.807) is 24.3 Å². The molecule has 0 radical (unpaired) electrons. The van der Waals surface area contributed by atoms with E-state index in [1.807, 2.05) is 6.07 Å². The minimum atomic E-state index is -0.342. The van der Waals surface area contributed by atoms with Crippen molar-refractivity contribution in [3.63, 3.8) is 0 Å². The summed E-state index contributed by atoms with van der Waals surface area (Å²) in [6.45, 7) is 0.529. The number of aromatic nitrogens is 2. The van der Waals surface area contributed by atoms with E-state index in [-0.39, 0.29) is 24.1 Å². The molecule has 1 N–H and O–H groups in total. The van der Waals surface area contributed by atoms with Crippen LogP contribution in [0.15, 0.2) is 42.9 Å². The molecule has 0 spiro atoms. The fourth-order valence-electron chi connectivity index (χ4n) is 2.32. The SMILES string of the molecule is O=C(NCc1ccc(Cl)s1)c1cncnc1Oc1ccc2c(c1)OCO2. The molecule has 1 amide bonds. The molecule has 132 valence electrons. The quantitative estimate of drug-likeness (QED) is 0.717. The van der Waals surface area contributed by atoms with Gasteiger partial charge in [-0.2, -0.15) is 0 Å².